The van der Waals surface area contributed by atoms with Gasteiger partial charge in [-0.1, -0.05) is 12.1 Å². The second-order valence-electron chi connectivity index (χ2n) is 3.49. The molecular formula is C11H11F2N3. The lowest BCUT2D eigenvalue weighted by Crippen LogP contribution is -1.99. The Balaban J connectivity index is 2.56. The fraction of sp³-hybridized carbons (Fsp3) is 0.182. The van der Waals surface area contributed by atoms with E-state index in [0.29, 0.717) is 16.8 Å². The van der Waals surface area contributed by atoms with Crippen molar-refractivity contribution < 1.29 is 8.78 Å². The van der Waals surface area contributed by atoms with Crippen LogP contribution in [0.1, 0.15) is 12.1 Å². The van der Waals surface area contributed by atoms with Crippen molar-refractivity contribution in [1.29, 1.82) is 0 Å². The molecule has 84 valence electrons. The maximum Gasteiger partial charge on any atom is 0.280 e. The van der Waals surface area contributed by atoms with Crippen LogP contribution < -0.4 is 5.73 Å². The maximum atomic E-state index is 12.8. The van der Waals surface area contributed by atoms with Gasteiger partial charge in [-0.2, -0.15) is 5.10 Å². The molecule has 2 N–H and O–H groups in total. The summed E-state index contributed by atoms with van der Waals surface area (Å²) in [5.41, 5.74) is 7.14. The molecule has 2 rings (SSSR count). The largest absolute Gasteiger partial charge is 0.399 e. The number of rotatable bonds is 2. The van der Waals surface area contributed by atoms with Crippen LogP contribution >= 0.6 is 0 Å². The number of nitrogen functional groups attached to an aromatic ring is 1. The fourth-order valence-corrected chi connectivity index (χ4v) is 1.63. The average molecular weight is 223 g/mol. The van der Waals surface area contributed by atoms with E-state index in [1.807, 2.05) is 0 Å². The lowest BCUT2D eigenvalue weighted by atomic mass is 10.1. The summed E-state index contributed by atoms with van der Waals surface area (Å²) in [5.74, 6) is 0. The second-order valence-corrected chi connectivity index (χ2v) is 3.49. The number of benzene rings is 1. The molecule has 0 bridgehead atoms. The second kappa shape index (κ2) is 3.92. The van der Waals surface area contributed by atoms with Crippen molar-refractivity contribution in [2.45, 2.75) is 6.43 Å². The molecule has 0 spiro atoms. The van der Waals surface area contributed by atoms with Crippen LogP contribution in [0.2, 0.25) is 0 Å². The summed E-state index contributed by atoms with van der Waals surface area (Å²) >= 11 is 0. The van der Waals surface area contributed by atoms with Gasteiger partial charge in [0.05, 0.1) is 6.20 Å². The van der Waals surface area contributed by atoms with Crippen LogP contribution in [-0.4, -0.2) is 9.78 Å². The normalized spacial score (nSPS) is 11.0. The van der Waals surface area contributed by atoms with Gasteiger partial charge in [0.25, 0.3) is 6.43 Å². The van der Waals surface area contributed by atoms with Gasteiger partial charge < -0.3 is 5.73 Å². The SMILES string of the molecule is Cn1ncc(-c2cccc(N)c2)c1C(F)F. The molecule has 1 aromatic carbocycles. The average Bonchev–Trinajstić information content (AvgIpc) is 2.60. The highest BCUT2D eigenvalue weighted by Gasteiger charge is 2.19. The first-order valence-corrected chi connectivity index (χ1v) is 4.75. The van der Waals surface area contributed by atoms with E-state index in [2.05, 4.69) is 5.10 Å². The number of nitrogens with zero attached hydrogens (tertiary/aromatic N) is 2. The van der Waals surface area contributed by atoms with E-state index in [0.717, 1.165) is 0 Å². The number of aromatic nitrogens is 2. The third-order valence-corrected chi connectivity index (χ3v) is 2.39. The fourth-order valence-electron chi connectivity index (χ4n) is 1.63. The number of anilines is 1. The van der Waals surface area contributed by atoms with Gasteiger partial charge in [0.1, 0.15) is 5.69 Å². The Morgan fingerprint density at radius 2 is 2.12 bits per heavy atom. The quantitative estimate of drug-likeness (QED) is 0.795. The van der Waals surface area contributed by atoms with Crippen molar-refractivity contribution in [2.24, 2.45) is 7.05 Å². The first-order chi connectivity index (χ1) is 7.59. The number of hydrogen-bond acceptors (Lipinski definition) is 2. The minimum Gasteiger partial charge on any atom is -0.399 e. The maximum absolute atomic E-state index is 12.8. The minimum absolute atomic E-state index is 0.0920. The predicted molar refractivity (Wildman–Crippen MR) is 58.0 cm³/mol. The van der Waals surface area contributed by atoms with Gasteiger partial charge in [-0.3, -0.25) is 4.68 Å². The van der Waals surface area contributed by atoms with Crippen molar-refractivity contribution in [2.75, 3.05) is 5.73 Å². The zero-order chi connectivity index (χ0) is 11.7. The van der Waals surface area contributed by atoms with Gasteiger partial charge in [-0.15, -0.1) is 0 Å². The van der Waals surface area contributed by atoms with E-state index in [1.165, 1.54) is 17.9 Å². The molecule has 0 radical (unpaired) electrons. The number of hydrogen-bond donors (Lipinski definition) is 1. The molecule has 0 atom stereocenters. The van der Waals surface area contributed by atoms with Crippen molar-refractivity contribution >= 4 is 5.69 Å². The van der Waals surface area contributed by atoms with Gasteiger partial charge in [0, 0.05) is 18.3 Å². The summed E-state index contributed by atoms with van der Waals surface area (Å²) in [4.78, 5) is 0. The van der Waals surface area contributed by atoms with E-state index in [9.17, 15) is 8.78 Å². The van der Waals surface area contributed by atoms with Crippen LogP contribution in [-0.2, 0) is 7.05 Å². The van der Waals surface area contributed by atoms with Gasteiger partial charge in [0.15, 0.2) is 0 Å². The Morgan fingerprint density at radius 1 is 1.38 bits per heavy atom. The van der Waals surface area contributed by atoms with Gasteiger partial charge in [-0.05, 0) is 17.7 Å². The Bertz CT molecular complexity index is 506. The zero-order valence-corrected chi connectivity index (χ0v) is 8.69. The standard InChI is InChI=1S/C11H11F2N3/c1-16-10(11(12)13)9(6-15-16)7-3-2-4-8(14)5-7/h2-6,11H,14H2,1H3. The molecule has 2 aromatic rings. The molecule has 0 aliphatic heterocycles. The molecule has 3 nitrogen and oxygen atoms in total. The van der Waals surface area contributed by atoms with E-state index < -0.39 is 6.43 Å². The smallest absolute Gasteiger partial charge is 0.280 e. The summed E-state index contributed by atoms with van der Waals surface area (Å²) in [5, 5.41) is 3.84. The Hall–Kier alpha value is -1.91. The molecule has 5 heteroatoms. The number of aryl methyl sites for hydroxylation is 1. The first-order valence-electron chi connectivity index (χ1n) is 4.75. The lowest BCUT2D eigenvalue weighted by molar-refractivity contribution is 0.141. The minimum atomic E-state index is -2.55. The molecule has 16 heavy (non-hydrogen) atoms. The number of halogens is 2. The molecule has 0 fully saturated rings. The van der Waals surface area contributed by atoms with Crippen molar-refractivity contribution in [3.63, 3.8) is 0 Å². The summed E-state index contributed by atoms with van der Waals surface area (Å²) in [6, 6.07) is 6.83. The molecule has 0 saturated heterocycles. The van der Waals surface area contributed by atoms with Gasteiger partial charge in [-0.25, -0.2) is 8.78 Å². The lowest BCUT2D eigenvalue weighted by Gasteiger charge is -2.05. The molecule has 1 aromatic heterocycles. The van der Waals surface area contributed by atoms with Crippen LogP contribution in [0.15, 0.2) is 30.5 Å². The Kier molecular flexibility index (Phi) is 2.60. The Labute approximate surface area is 91.5 Å². The summed E-state index contributed by atoms with van der Waals surface area (Å²) in [7, 11) is 1.50. The molecular weight excluding hydrogens is 212 g/mol. The Morgan fingerprint density at radius 3 is 2.75 bits per heavy atom. The first kappa shape index (κ1) is 10.6. The number of nitrogens with two attached hydrogens (primary N) is 1. The highest BCUT2D eigenvalue weighted by Crippen LogP contribution is 2.31. The number of alkyl halides is 2. The summed E-state index contributed by atoms with van der Waals surface area (Å²) in [6.45, 7) is 0. The zero-order valence-electron chi connectivity index (χ0n) is 8.69. The van der Waals surface area contributed by atoms with E-state index in [1.54, 1.807) is 24.3 Å². The summed E-state index contributed by atoms with van der Waals surface area (Å²) < 4.78 is 26.8. The van der Waals surface area contributed by atoms with Crippen molar-refractivity contribution in [3.8, 4) is 11.1 Å². The third-order valence-electron chi connectivity index (χ3n) is 2.39. The van der Waals surface area contributed by atoms with Gasteiger partial charge in [0.2, 0.25) is 0 Å². The van der Waals surface area contributed by atoms with Crippen molar-refractivity contribution in [3.05, 3.63) is 36.2 Å². The van der Waals surface area contributed by atoms with Crippen LogP contribution in [0.25, 0.3) is 11.1 Å². The summed E-state index contributed by atoms with van der Waals surface area (Å²) in [6.07, 6.45) is -1.13. The van der Waals surface area contributed by atoms with Gasteiger partial charge >= 0.3 is 0 Å². The van der Waals surface area contributed by atoms with Crippen LogP contribution in [0.5, 0.6) is 0 Å². The van der Waals surface area contributed by atoms with E-state index >= 15 is 0 Å². The monoisotopic (exact) mass is 223 g/mol. The topological polar surface area (TPSA) is 43.8 Å². The van der Waals surface area contributed by atoms with E-state index in [-0.39, 0.29) is 5.69 Å². The van der Waals surface area contributed by atoms with Crippen molar-refractivity contribution in [1.82, 2.24) is 9.78 Å². The van der Waals surface area contributed by atoms with Crippen LogP contribution in [0.3, 0.4) is 0 Å². The molecule has 1 heterocycles. The third kappa shape index (κ3) is 1.76. The predicted octanol–water partition coefficient (Wildman–Crippen LogP) is 2.61. The van der Waals surface area contributed by atoms with Crippen LogP contribution in [0.4, 0.5) is 14.5 Å². The highest BCUT2D eigenvalue weighted by molar-refractivity contribution is 5.69. The molecule has 0 saturated carbocycles. The molecule has 0 amide bonds. The molecule has 0 aliphatic rings. The van der Waals surface area contributed by atoms with Crippen LogP contribution in [0, 0.1) is 0 Å². The van der Waals surface area contributed by atoms with E-state index in [4.69, 9.17) is 5.73 Å². The molecule has 0 unspecified atom stereocenters. The molecule has 0 aliphatic carbocycles. The highest BCUT2D eigenvalue weighted by atomic mass is 19.3.